The third-order valence-corrected chi connectivity index (χ3v) is 14.6. The van der Waals surface area contributed by atoms with Crippen LogP contribution in [0.5, 0.6) is 0 Å². The molecule has 0 radical (unpaired) electrons. The van der Waals surface area contributed by atoms with Crippen molar-refractivity contribution in [2.75, 3.05) is 0 Å². The molecule has 258 valence electrons. The van der Waals surface area contributed by atoms with E-state index in [0.29, 0.717) is 42.2 Å². The molecule has 3 N–H and O–H groups in total. The zero-order valence-electron chi connectivity index (χ0n) is 30.2. The largest absolute Gasteiger partial charge is 0.598 e. The smallest absolute Gasteiger partial charge is 0.200 e. The van der Waals surface area contributed by atoms with Gasteiger partial charge in [0, 0.05) is 27.9 Å². The van der Waals surface area contributed by atoms with E-state index < -0.39 is 35.8 Å². The van der Waals surface area contributed by atoms with Crippen molar-refractivity contribution in [1.82, 2.24) is 24.5 Å². The molecule has 0 aliphatic heterocycles. The van der Waals surface area contributed by atoms with E-state index in [0.717, 1.165) is 22.2 Å². The van der Waals surface area contributed by atoms with Gasteiger partial charge in [0.05, 0.1) is 35.4 Å². The summed E-state index contributed by atoms with van der Waals surface area (Å²) in [6.07, 6.45) is 2.72. The van der Waals surface area contributed by atoms with Gasteiger partial charge in [-0.05, 0) is 95.6 Å². The van der Waals surface area contributed by atoms with Gasteiger partial charge in [-0.3, -0.25) is 0 Å². The van der Waals surface area contributed by atoms with Gasteiger partial charge in [0.2, 0.25) is 0 Å². The van der Waals surface area contributed by atoms with Crippen LogP contribution in [-0.4, -0.2) is 53.2 Å². The van der Waals surface area contributed by atoms with Gasteiger partial charge in [0.1, 0.15) is 10.3 Å². The number of rotatable bonds is 10. The summed E-state index contributed by atoms with van der Waals surface area (Å²) in [7, 11) is -1.98. The van der Waals surface area contributed by atoms with Crippen LogP contribution in [0.25, 0.3) is 28.0 Å². The molecule has 11 heteroatoms. The first-order valence-electron chi connectivity index (χ1n) is 16.4. The topological polar surface area (TPSA) is 128 Å². The van der Waals surface area contributed by atoms with Crippen LogP contribution >= 0.6 is 0 Å². The molecule has 0 saturated carbocycles. The van der Waals surface area contributed by atoms with E-state index in [1.54, 1.807) is 30.8 Å². The number of hydrogen-bond donors (Lipinski definition) is 3. The molecule has 1 unspecified atom stereocenters. The Kier molecular flexibility index (Phi) is 11.0. The van der Waals surface area contributed by atoms with Crippen molar-refractivity contribution < 1.29 is 19.2 Å². The fraction of sp³-hybridized carbons (Fsp3) is 0.486. The quantitative estimate of drug-likeness (QED) is 0.0695. The zero-order chi connectivity index (χ0) is 35.7. The van der Waals surface area contributed by atoms with Gasteiger partial charge in [-0.2, -0.15) is 5.10 Å². The highest BCUT2D eigenvalue weighted by atomic mass is 32.2. The predicted octanol–water partition coefficient (Wildman–Crippen LogP) is 7.12. The van der Waals surface area contributed by atoms with E-state index in [2.05, 4.69) is 50.4 Å². The van der Waals surface area contributed by atoms with E-state index in [1.807, 2.05) is 70.2 Å². The number of hydrogen-bond acceptors (Lipinski definition) is 8. The van der Waals surface area contributed by atoms with Crippen molar-refractivity contribution >= 4 is 30.6 Å². The lowest BCUT2D eigenvalue weighted by Crippen LogP contribution is -2.51. The lowest BCUT2D eigenvalue weighted by Gasteiger charge is -2.36. The van der Waals surface area contributed by atoms with E-state index in [-0.39, 0.29) is 5.04 Å². The Balaban J connectivity index is 1.84. The average molecular weight is 690 g/mol. The van der Waals surface area contributed by atoms with Crippen LogP contribution in [0.4, 0.5) is 0 Å². The Labute approximate surface area is 290 Å². The summed E-state index contributed by atoms with van der Waals surface area (Å²) < 4.78 is 23.7. The second-order valence-corrected chi connectivity index (χ2v) is 22.1. The highest BCUT2D eigenvalue weighted by Crippen LogP contribution is 2.37. The second-order valence-electron chi connectivity index (χ2n) is 15.4. The second kappa shape index (κ2) is 14.0. The molecular weight excluding hydrogens is 639 g/mol. The first kappa shape index (κ1) is 37.7. The monoisotopic (exact) mass is 689 g/mol. The van der Waals surface area contributed by atoms with E-state index in [1.165, 1.54) is 0 Å². The first-order valence-corrected chi connectivity index (χ1v) is 20.5. The number of aliphatic hydroxyl groups is 2. The Bertz CT molecular complexity index is 1810. The van der Waals surface area contributed by atoms with Crippen LogP contribution in [0.2, 0.25) is 18.1 Å². The molecule has 4 aromatic rings. The van der Waals surface area contributed by atoms with E-state index >= 15 is 0 Å². The van der Waals surface area contributed by atoms with Gasteiger partial charge in [-0.25, -0.2) is 14.6 Å². The number of pyridine rings is 2. The van der Waals surface area contributed by atoms with Gasteiger partial charge in [-0.1, -0.05) is 58.1 Å². The van der Waals surface area contributed by atoms with Gasteiger partial charge in [0.25, 0.3) is 0 Å². The highest BCUT2D eigenvalue weighted by molar-refractivity contribution is 7.90. The molecule has 0 bridgehead atoms. The molecule has 0 aliphatic carbocycles. The number of benzene rings is 1. The minimum Gasteiger partial charge on any atom is -0.598 e. The van der Waals surface area contributed by atoms with Crippen molar-refractivity contribution in [2.24, 2.45) is 0 Å². The third-order valence-electron chi connectivity index (χ3n) is 8.49. The molecular formula is C37H51N5O4SSi. The highest BCUT2D eigenvalue weighted by Gasteiger charge is 2.40. The predicted molar refractivity (Wildman–Crippen MR) is 197 cm³/mol. The molecule has 0 spiro atoms. The van der Waals surface area contributed by atoms with Crippen LogP contribution < -0.4 is 4.72 Å². The number of fused-ring (bicyclic) bond motifs is 1. The maximum Gasteiger partial charge on any atom is 0.200 e. The first-order chi connectivity index (χ1) is 22.1. The van der Waals surface area contributed by atoms with Crippen molar-refractivity contribution in [3.05, 3.63) is 71.7 Å². The van der Waals surface area contributed by atoms with Crippen molar-refractivity contribution in [2.45, 2.75) is 116 Å². The summed E-state index contributed by atoms with van der Waals surface area (Å²) in [6.45, 7) is 22.3. The molecule has 3 heterocycles. The minimum atomic E-state index is -1.98. The molecule has 0 amide bonds. The molecule has 9 nitrogen and oxygen atoms in total. The summed E-state index contributed by atoms with van der Waals surface area (Å²) in [4.78, 5) is 9.81. The standard InChI is InChI=1S/C37H51N5O4SSi/c1-12-20-37(44,41-47(45)34(2,3)4)32-17-14-16-30(40-32)27-22-26(19-21-36(8,9)43)29-24-38-42(31(29)23-27)33-18-13-15-28(39-33)25-46-48(10,11)35(5,6)7/h13-18,22-24,41,43-44H,12,20,25H2,1-11H3/t37-,47?/m0/s1. The molecule has 2 atom stereocenters. The zero-order valence-corrected chi connectivity index (χ0v) is 32.0. The molecule has 3 aromatic heterocycles. The Morgan fingerprint density at radius 1 is 0.979 bits per heavy atom. The van der Waals surface area contributed by atoms with Crippen LogP contribution in [0.1, 0.15) is 92.1 Å². The van der Waals surface area contributed by atoms with Crippen LogP contribution in [0.3, 0.4) is 0 Å². The normalized spacial score (nSPS) is 14.8. The van der Waals surface area contributed by atoms with Gasteiger partial charge < -0.3 is 19.2 Å². The van der Waals surface area contributed by atoms with Crippen molar-refractivity contribution in [3.8, 4) is 28.9 Å². The summed E-state index contributed by atoms with van der Waals surface area (Å²) in [5, 5.41) is 27.8. The Hall–Kier alpha value is -3.08. The summed E-state index contributed by atoms with van der Waals surface area (Å²) in [5.74, 6) is 6.72. The van der Waals surface area contributed by atoms with Crippen LogP contribution in [0, 0.1) is 11.8 Å². The summed E-state index contributed by atoms with van der Waals surface area (Å²) in [5.41, 5.74) is 1.12. The number of nitrogens with zero attached hydrogens (tertiary/aromatic N) is 4. The summed E-state index contributed by atoms with van der Waals surface area (Å²) >= 11 is -1.53. The Morgan fingerprint density at radius 3 is 2.29 bits per heavy atom. The van der Waals surface area contributed by atoms with Gasteiger partial charge in [-0.15, -0.1) is 4.72 Å². The Morgan fingerprint density at radius 2 is 1.67 bits per heavy atom. The SMILES string of the molecule is CCC[C@@](O)(N[S+]([O-])C(C)(C)C)c1cccc(-c2cc(C#CC(C)(C)O)c3cnn(-c4cccc(CO[Si](C)(C)C(C)(C)C)n4)c3c2)n1. The van der Waals surface area contributed by atoms with E-state index in [4.69, 9.17) is 19.5 Å². The van der Waals surface area contributed by atoms with Crippen LogP contribution in [-0.2, 0) is 28.1 Å². The summed E-state index contributed by atoms with van der Waals surface area (Å²) in [6, 6.07) is 15.1. The van der Waals surface area contributed by atoms with Crippen LogP contribution in [0.15, 0.2) is 54.7 Å². The maximum atomic E-state index is 13.1. The lowest BCUT2D eigenvalue weighted by atomic mass is 10.0. The molecule has 48 heavy (non-hydrogen) atoms. The third kappa shape index (κ3) is 8.93. The molecule has 0 saturated heterocycles. The van der Waals surface area contributed by atoms with Crippen molar-refractivity contribution in [1.29, 1.82) is 0 Å². The van der Waals surface area contributed by atoms with Crippen molar-refractivity contribution in [3.63, 3.8) is 0 Å². The maximum absolute atomic E-state index is 13.1. The van der Waals surface area contributed by atoms with Gasteiger partial charge >= 0.3 is 0 Å². The number of nitrogens with one attached hydrogen (secondary N) is 1. The molecule has 1 aromatic carbocycles. The fourth-order valence-electron chi connectivity index (χ4n) is 4.64. The lowest BCUT2D eigenvalue weighted by molar-refractivity contribution is 0.0101. The molecule has 0 fully saturated rings. The minimum absolute atomic E-state index is 0.0804. The molecule has 4 rings (SSSR count). The number of aromatic nitrogens is 4. The van der Waals surface area contributed by atoms with Gasteiger partial charge in [0.15, 0.2) is 19.9 Å². The van der Waals surface area contributed by atoms with E-state index in [9.17, 15) is 14.8 Å². The molecule has 0 aliphatic rings. The fourth-order valence-corrected chi connectivity index (χ4v) is 6.40. The average Bonchev–Trinajstić information content (AvgIpc) is 3.42.